The number of rotatable bonds is 2. The molecule has 2 amide bonds. The molecular weight excluding hydrogens is 292 g/mol. The number of carbonyl (C=O) groups is 2. The Balaban J connectivity index is 1.65. The molecule has 1 aromatic carbocycles. The first kappa shape index (κ1) is 15.8. The van der Waals surface area contributed by atoms with Gasteiger partial charge in [-0.1, -0.05) is 6.07 Å². The van der Waals surface area contributed by atoms with Crippen molar-refractivity contribution in [2.24, 2.45) is 0 Å². The molecule has 1 fully saturated rings. The Hall–Kier alpha value is -2.04. The third kappa shape index (κ3) is 3.49. The minimum absolute atomic E-state index is 0.0745. The SMILES string of the molecule is CCOC(=O)N1CCCN(C(=O)c2ccc3c(c2)CCC3)CC1. The van der Waals surface area contributed by atoms with Crippen LogP contribution in [0.1, 0.15) is 41.3 Å². The monoisotopic (exact) mass is 316 g/mol. The molecule has 1 heterocycles. The Labute approximate surface area is 137 Å². The van der Waals surface area contributed by atoms with E-state index in [0.717, 1.165) is 24.8 Å². The Morgan fingerprint density at radius 3 is 2.57 bits per heavy atom. The van der Waals surface area contributed by atoms with Gasteiger partial charge in [-0.2, -0.15) is 0 Å². The molecule has 2 aliphatic rings. The van der Waals surface area contributed by atoms with Crippen molar-refractivity contribution < 1.29 is 14.3 Å². The van der Waals surface area contributed by atoms with E-state index in [1.165, 1.54) is 17.5 Å². The van der Waals surface area contributed by atoms with Gasteiger partial charge in [-0.15, -0.1) is 0 Å². The second kappa shape index (κ2) is 7.02. The van der Waals surface area contributed by atoms with E-state index >= 15 is 0 Å². The zero-order valence-corrected chi connectivity index (χ0v) is 13.7. The maximum Gasteiger partial charge on any atom is 0.409 e. The lowest BCUT2D eigenvalue weighted by molar-refractivity contribution is 0.0753. The van der Waals surface area contributed by atoms with Gasteiger partial charge in [-0.25, -0.2) is 4.79 Å². The molecule has 0 saturated carbocycles. The Morgan fingerprint density at radius 1 is 1.00 bits per heavy atom. The number of amides is 2. The summed E-state index contributed by atoms with van der Waals surface area (Å²) in [6.45, 7) is 4.62. The summed E-state index contributed by atoms with van der Waals surface area (Å²) in [7, 11) is 0. The molecule has 1 aliphatic carbocycles. The van der Waals surface area contributed by atoms with E-state index < -0.39 is 0 Å². The van der Waals surface area contributed by atoms with Gasteiger partial charge < -0.3 is 14.5 Å². The highest BCUT2D eigenvalue weighted by atomic mass is 16.6. The van der Waals surface area contributed by atoms with E-state index in [4.69, 9.17) is 4.74 Å². The summed E-state index contributed by atoms with van der Waals surface area (Å²) in [5, 5.41) is 0. The van der Waals surface area contributed by atoms with Crippen molar-refractivity contribution in [2.45, 2.75) is 32.6 Å². The van der Waals surface area contributed by atoms with E-state index in [0.29, 0.717) is 32.8 Å². The molecule has 0 bridgehead atoms. The van der Waals surface area contributed by atoms with Gasteiger partial charge in [0.15, 0.2) is 0 Å². The molecule has 23 heavy (non-hydrogen) atoms. The molecule has 0 radical (unpaired) electrons. The third-order valence-corrected chi connectivity index (χ3v) is 4.65. The van der Waals surface area contributed by atoms with Gasteiger partial charge in [0, 0.05) is 31.7 Å². The number of hydrogen-bond donors (Lipinski definition) is 0. The smallest absolute Gasteiger partial charge is 0.409 e. The van der Waals surface area contributed by atoms with E-state index in [-0.39, 0.29) is 12.0 Å². The first-order chi connectivity index (χ1) is 11.2. The van der Waals surface area contributed by atoms with Gasteiger partial charge in [0.1, 0.15) is 0 Å². The maximum absolute atomic E-state index is 12.7. The summed E-state index contributed by atoms with van der Waals surface area (Å²) in [6, 6.07) is 6.09. The topological polar surface area (TPSA) is 49.9 Å². The van der Waals surface area contributed by atoms with Gasteiger partial charge in [0.25, 0.3) is 5.91 Å². The van der Waals surface area contributed by atoms with Crippen LogP contribution < -0.4 is 0 Å². The quantitative estimate of drug-likeness (QED) is 0.842. The van der Waals surface area contributed by atoms with Crippen molar-refractivity contribution in [3.8, 4) is 0 Å². The fourth-order valence-electron chi connectivity index (χ4n) is 3.41. The zero-order valence-electron chi connectivity index (χ0n) is 13.7. The van der Waals surface area contributed by atoms with Gasteiger partial charge >= 0.3 is 6.09 Å². The lowest BCUT2D eigenvalue weighted by Gasteiger charge is -2.22. The molecule has 0 atom stereocenters. The lowest BCUT2D eigenvalue weighted by Crippen LogP contribution is -2.37. The molecule has 124 valence electrons. The highest BCUT2D eigenvalue weighted by Gasteiger charge is 2.24. The zero-order chi connectivity index (χ0) is 16.2. The van der Waals surface area contributed by atoms with Crippen LogP contribution in [0.5, 0.6) is 0 Å². The van der Waals surface area contributed by atoms with Crippen LogP contribution in [0.15, 0.2) is 18.2 Å². The summed E-state index contributed by atoms with van der Waals surface area (Å²) in [5.74, 6) is 0.0745. The predicted molar refractivity (Wildman–Crippen MR) is 87.6 cm³/mol. The lowest BCUT2D eigenvalue weighted by atomic mass is 10.1. The Bertz CT molecular complexity index is 600. The predicted octanol–water partition coefficient (Wildman–Crippen LogP) is 2.48. The number of aryl methyl sites for hydroxylation is 2. The van der Waals surface area contributed by atoms with E-state index in [9.17, 15) is 9.59 Å². The number of nitrogens with zero attached hydrogens (tertiary/aromatic N) is 2. The van der Waals surface area contributed by atoms with Crippen molar-refractivity contribution in [2.75, 3.05) is 32.8 Å². The van der Waals surface area contributed by atoms with Crippen LogP contribution in [0.2, 0.25) is 0 Å². The minimum atomic E-state index is -0.278. The van der Waals surface area contributed by atoms with Crippen LogP contribution >= 0.6 is 0 Å². The first-order valence-corrected chi connectivity index (χ1v) is 8.52. The molecule has 3 rings (SSSR count). The molecule has 5 nitrogen and oxygen atoms in total. The van der Waals surface area contributed by atoms with Gasteiger partial charge in [-0.05, 0) is 55.9 Å². The van der Waals surface area contributed by atoms with E-state index in [1.807, 2.05) is 11.0 Å². The number of carbonyl (C=O) groups excluding carboxylic acids is 2. The minimum Gasteiger partial charge on any atom is -0.450 e. The molecule has 1 aliphatic heterocycles. The third-order valence-electron chi connectivity index (χ3n) is 4.65. The second-order valence-electron chi connectivity index (χ2n) is 6.17. The average molecular weight is 316 g/mol. The van der Waals surface area contributed by atoms with E-state index in [1.54, 1.807) is 11.8 Å². The highest BCUT2D eigenvalue weighted by Crippen LogP contribution is 2.23. The average Bonchev–Trinajstić information content (AvgIpc) is 2.88. The summed E-state index contributed by atoms with van der Waals surface area (Å²) < 4.78 is 5.05. The fourth-order valence-corrected chi connectivity index (χ4v) is 3.41. The van der Waals surface area contributed by atoms with Crippen molar-refractivity contribution in [1.29, 1.82) is 0 Å². The number of fused-ring (bicyclic) bond motifs is 1. The molecule has 0 spiro atoms. The van der Waals surface area contributed by atoms with Crippen LogP contribution in [0.4, 0.5) is 4.79 Å². The number of benzene rings is 1. The fraction of sp³-hybridized carbons (Fsp3) is 0.556. The molecule has 5 heteroatoms. The number of hydrogen-bond acceptors (Lipinski definition) is 3. The molecule has 0 N–H and O–H groups in total. The normalized spacial score (nSPS) is 17.6. The Kier molecular flexibility index (Phi) is 4.84. The van der Waals surface area contributed by atoms with Crippen molar-refractivity contribution in [3.63, 3.8) is 0 Å². The van der Waals surface area contributed by atoms with Crippen LogP contribution in [-0.4, -0.2) is 54.6 Å². The maximum atomic E-state index is 12.7. The van der Waals surface area contributed by atoms with Crippen LogP contribution in [0.3, 0.4) is 0 Å². The second-order valence-corrected chi connectivity index (χ2v) is 6.17. The van der Waals surface area contributed by atoms with Crippen molar-refractivity contribution in [1.82, 2.24) is 9.80 Å². The van der Waals surface area contributed by atoms with E-state index in [2.05, 4.69) is 12.1 Å². The van der Waals surface area contributed by atoms with Crippen LogP contribution in [0.25, 0.3) is 0 Å². The molecule has 1 saturated heterocycles. The van der Waals surface area contributed by atoms with Gasteiger partial charge in [0.05, 0.1) is 6.61 Å². The van der Waals surface area contributed by atoms with Crippen molar-refractivity contribution >= 4 is 12.0 Å². The molecular formula is C18H24N2O3. The standard InChI is InChI=1S/C18H24N2O3/c1-2-23-18(22)20-10-4-9-19(11-12-20)17(21)16-8-7-14-5-3-6-15(14)13-16/h7-8,13H,2-6,9-12H2,1H3. The highest BCUT2D eigenvalue weighted by molar-refractivity contribution is 5.94. The first-order valence-electron chi connectivity index (χ1n) is 8.52. The Morgan fingerprint density at radius 2 is 1.74 bits per heavy atom. The molecule has 0 unspecified atom stereocenters. The van der Waals surface area contributed by atoms with Gasteiger partial charge in [0.2, 0.25) is 0 Å². The van der Waals surface area contributed by atoms with Gasteiger partial charge in [-0.3, -0.25) is 4.79 Å². The number of ether oxygens (including phenoxy) is 1. The molecule has 1 aromatic rings. The van der Waals surface area contributed by atoms with Crippen LogP contribution in [-0.2, 0) is 17.6 Å². The molecule has 0 aromatic heterocycles. The van der Waals surface area contributed by atoms with Crippen LogP contribution in [0, 0.1) is 0 Å². The summed E-state index contributed by atoms with van der Waals surface area (Å²) in [4.78, 5) is 28.1. The summed E-state index contributed by atoms with van der Waals surface area (Å²) >= 11 is 0. The largest absolute Gasteiger partial charge is 0.450 e. The summed E-state index contributed by atoms with van der Waals surface area (Å²) in [5.41, 5.74) is 3.47. The summed E-state index contributed by atoms with van der Waals surface area (Å²) in [6.07, 6.45) is 3.90. The van der Waals surface area contributed by atoms with Crippen molar-refractivity contribution in [3.05, 3.63) is 34.9 Å².